The molecule has 0 amide bonds. The van der Waals surface area contributed by atoms with Crippen molar-refractivity contribution < 1.29 is 32.3 Å². The zero-order chi connectivity index (χ0) is 21.9. The summed E-state index contributed by atoms with van der Waals surface area (Å²) in [5, 5.41) is 10.8. The summed E-state index contributed by atoms with van der Waals surface area (Å²) in [5.74, 6) is -0.0449. The minimum Gasteiger partial charge on any atom is -0.493 e. The molecule has 30 heavy (non-hydrogen) atoms. The number of hydrogen-bond donors (Lipinski definition) is 1. The second kappa shape index (κ2) is 8.41. The van der Waals surface area contributed by atoms with Gasteiger partial charge in [0.2, 0.25) is 0 Å². The van der Waals surface area contributed by atoms with Gasteiger partial charge in [0.15, 0.2) is 11.5 Å². The zero-order valence-electron chi connectivity index (χ0n) is 16.1. The SMILES string of the molecule is COc1cc(C=C2CCOC2=O)cc(NS(=O)(=O)c2ccc([N+](=O)[O-])cc2)c1OC. The number of carbonyl (C=O) groups excluding carboxylic acids is 1. The Bertz CT molecular complexity index is 1120. The van der Waals surface area contributed by atoms with Gasteiger partial charge in [-0.2, -0.15) is 0 Å². The van der Waals surface area contributed by atoms with Gasteiger partial charge >= 0.3 is 5.97 Å². The molecule has 1 fully saturated rings. The lowest BCUT2D eigenvalue weighted by atomic mass is 10.1. The predicted octanol–water partition coefficient (Wildman–Crippen LogP) is 2.74. The molecule has 1 aliphatic heterocycles. The number of rotatable bonds is 7. The molecule has 2 aromatic rings. The lowest BCUT2D eigenvalue weighted by Crippen LogP contribution is -2.14. The largest absolute Gasteiger partial charge is 0.493 e. The number of benzene rings is 2. The van der Waals surface area contributed by atoms with Gasteiger partial charge in [-0.05, 0) is 35.9 Å². The minimum atomic E-state index is -4.09. The van der Waals surface area contributed by atoms with Gasteiger partial charge in [-0.25, -0.2) is 13.2 Å². The van der Waals surface area contributed by atoms with Crippen LogP contribution in [0.5, 0.6) is 11.5 Å². The van der Waals surface area contributed by atoms with Crippen LogP contribution in [0.25, 0.3) is 6.08 Å². The van der Waals surface area contributed by atoms with Crippen LogP contribution in [0.15, 0.2) is 46.9 Å². The number of hydrogen-bond acceptors (Lipinski definition) is 8. The monoisotopic (exact) mass is 434 g/mol. The molecule has 2 aromatic carbocycles. The van der Waals surface area contributed by atoms with E-state index in [9.17, 15) is 23.3 Å². The number of esters is 1. The number of anilines is 1. The van der Waals surface area contributed by atoms with E-state index in [0.717, 1.165) is 24.3 Å². The van der Waals surface area contributed by atoms with Crippen molar-refractivity contribution in [2.75, 3.05) is 25.5 Å². The van der Waals surface area contributed by atoms with Crippen LogP contribution in [-0.4, -0.2) is 40.1 Å². The number of nitro groups is 1. The second-order valence-corrected chi connectivity index (χ2v) is 7.90. The molecule has 11 heteroatoms. The summed E-state index contributed by atoms with van der Waals surface area (Å²) in [7, 11) is -1.34. The lowest BCUT2D eigenvalue weighted by molar-refractivity contribution is -0.384. The molecule has 0 unspecified atom stereocenters. The molecule has 10 nitrogen and oxygen atoms in total. The van der Waals surface area contributed by atoms with E-state index in [-0.39, 0.29) is 34.4 Å². The molecule has 1 N–H and O–H groups in total. The van der Waals surface area contributed by atoms with Gasteiger partial charge in [0, 0.05) is 24.1 Å². The summed E-state index contributed by atoms with van der Waals surface area (Å²) in [6.07, 6.45) is 2.03. The topological polar surface area (TPSA) is 134 Å². The van der Waals surface area contributed by atoms with Gasteiger partial charge in [-0.15, -0.1) is 0 Å². The third-order valence-electron chi connectivity index (χ3n) is 4.31. The maximum Gasteiger partial charge on any atom is 0.334 e. The van der Waals surface area contributed by atoms with E-state index < -0.39 is 20.9 Å². The van der Waals surface area contributed by atoms with E-state index in [2.05, 4.69) is 4.72 Å². The molecule has 1 heterocycles. The highest BCUT2D eigenvalue weighted by atomic mass is 32.2. The first-order valence-electron chi connectivity index (χ1n) is 8.66. The summed E-state index contributed by atoms with van der Waals surface area (Å²) in [6, 6.07) is 7.54. The fourth-order valence-electron chi connectivity index (χ4n) is 2.88. The van der Waals surface area contributed by atoms with E-state index in [4.69, 9.17) is 14.2 Å². The third-order valence-corrected chi connectivity index (χ3v) is 5.69. The van der Waals surface area contributed by atoms with Crippen molar-refractivity contribution in [3.63, 3.8) is 0 Å². The molecule has 0 radical (unpaired) electrons. The highest BCUT2D eigenvalue weighted by Crippen LogP contribution is 2.38. The van der Waals surface area contributed by atoms with Crippen LogP contribution >= 0.6 is 0 Å². The van der Waals surface area contributed by atoms with Gasteiger partial charge in [0.25, 0.3) is 15.7 Å². The molecule has 0 saturated carbocycles. The van der Waals surface area contributed by atoms with E-state index in [1.54, 1.807) is 12.1 Å². The summed E-state index contributed by atoms with van der Waals surface area (Å²) in [4.78, 5) is 21.7. The summed E-state index contributed by atoms with van der Waals surface area (Å²) in [5.41, 5.74) is 0.799. The molecular formula is C19H18N2O8S. The Morgan fingerprint density at radius 2 is 1.87 bits per heavy atom. The number of carbonyl (C=O) groups is 1. The van der Waals surface area contributed by atoms with Crippen molar-refractivity contribution in [3.8, 4) is 11.5 Å². The average molecular weight is 434 g/mol. The molecule has 0 bridgehead atoms. The Balaban J connectivity index is 2.01. The fourth-order valence-corrected chi connectivity index (χ4v) is 3.93. The van der Waals surface area contributed by atoms with Crippen LogP contribution in [0.2, 0.25) is 0 Å². The Kier molecular flexibility index (Phi) is 5.92. The van der Waals surface area contributed by atoms with Crippen molar-refractivity contribution in [1.82, 2.24) is 0 Å². The van der Waals surface area contributed by atoms with E-state index >= 15 is 0 Å². The van der Waals surface area contributed by atoms with Crippen LogP contribution in [0.4, 0.5) is 11.4 Å². The molecule has 158 valence electrons. The average Bonchev–Trinajstić information content (AvgIpc) is 3.11. The Labute approximate surface area is 172 Å². The van der Waals surface area contributed by atoms with Gasteiger partial charge in [-0.3, -0.25) is 14.8 Å². The number of non-ortho nitro benzene ring substituents is 1. The molecule has 1 aliphatic rings. The second-order valence-electron chi connectivity index (χ2n) is 6.22. The first-order chi connectivity index (χ1) is 14.2. The van der Waals surface area contributed by atoms with Crippen LogP contribution in [0, 0.1) is 10.1 Å². The van der Waals surface area contributed by atoms with Gasteiger partial charge in [0.1, 0.15) is 0 Å². The van der Waals surface area contributed by atoms with E-state index in [0.29, 0.717) is 17.6 Å². The normalized spacial score (nSPS) is 15.0. The van der Waals surface area contributed by atoms with Crippen LogP contribution in [0.3, 0.4) is 0 Å². The minimum absolute atomic E-state index is 0.0772. The van der Waals surface area contributed by atoms with Gasteiger partial charge in [-0.1, -0.05) is 0 Å². The van der Waals surface area contributed by atoms with E-state index in [1.807, 2.05) is 0 Å². The van der Waals surface area contributed by atoms with E-state index in [1.165, 1.54) is 20.3 Å². The van der Waals surface area contributed by atoms with Gasteiger partial charge in [0.05, 0.1) is 36.3 Å². The number of sulfonamides is 1. The highest BCUT2D eigenvalue weighted by molar-refractivity contribution is 7.92. The first-order valence-corrected chi connectivity index (χ1v) is 10.1. The van der Waals surface area contributed by atoms with Crippen LogP contribution < -0.4 is 14.2 Å². The zero-order valence-corrected chi connectivity index (χ0v) is 16.9. The van der Waals surface area contributed by atoms with Crippen molar-refractivity contribution in [2.45, 2.75) is 11.3 Å². The number of nitro benzene ring substituents is 1. The van der Waals surface area contributed by atoms with Crippen molar-refractivity contribution in [1.29, 1.82) is 0 Å². The number of cyclic esters (lactones) is 1. The quantitative estimate of drug-likeness (QED) is 0.304. The molecule has 0 atom stereocenters. The molecule has 0 aromatic heterocycles. The van der Waals surface area contributed by atoms with Crippen LogP contribution in [0.1, 0.15) is 12.0 Å². The molecule has 3 rings (SSSR count). The number of nitrogens with zero attached hydrogens (tertiary/aromatic N) is 1. The summed E-state index contributed by atoms with van der Waals surface area (Å²) >= 11 is 0. The van der Waals surface area contributed by atoms with Crippen LogP contribution in [-0.2, 0) is 19.6 Å². The standard InChI is InChI=1S/C19H18N2O8S/c1-27-17-11-12(9-13-7-8-29-19(13)22)10-16(18(17)28-2)20-30(25,26)15-5-3-14(4-6-15)21(23)24/h3-6,9-11,20H,7-8H2,1-2H3. The van der Waals surface area contributed by atoms with Crippen molar-refractivity contribution in [2.24, 2.45) is 0 Å². The summed E-state index contributed by atoms with van der Waals surface area (Å²) < 4.78 is 43.5. The number of methoxy groups -OCH3 is 2. The summed E-state index contributed by atoms with van der Waals surface area (Å²) in [6.45, 7) is 0.289. The molecular weight excluding hydrogens is 416 g/mol. The molecule has 0 spiro atoms. The first kappa shape index (κ1) is 21.1. The number of nitrogens with one attached hydrogen (secondary N) is 1. The lowest BCUT2D eigenvalue weighted by Gasteiger charge is -2.16. The Morgan fingerprint density at radius 3 is 2.40 bits per heavy atom. The fraction of sp³-hybridized carbons (Fsp3) is 0.211. The smallest absolute Gasteiger partial charge is 0.334 e. The highest BCUT2D eigenvalue weighted by Gasteiger charge is 2.22. The predicted molar refractivity (Wildman–Crippen MR) is 107 cm³/mol. The van der Waals surface area contributed by atoms with Crippen molar-refractivity contribution >= 4 is 33.4 Å². The Hall–Kier alpha value is -3.60. The van der Waals surface area contributed by atoms with Crippen molar-refractivity contribution in [3.05, 3.63) is 57.6 Å². The third kappa shape index (κ3) is 4.35. The Morgan fingerprint density at radius 1 is 1.17 bits per heavy atom. The maximum absolute atomic E-state index is 12.8. The molecule has 1 saturated heterocycles. The number of ether oxygens (including phenoxy) is 3. The van der Waals surface area contributed by atoms with Gasteiger partial charge < -0.3 is 14.2 Å². The maximum atomic E-state index is 12.8. The molecule has 0 aliphatic carbocycles.